The van der Waals surface area contributed by atoms with Gasteiger partial charge in [-0.3, -0.25) is 4.79 Å². The van der Waals surface area contributed by atoms with E-state index in [0.29, 0.717) is 24.4 Å². The van der Waals surface area contributed by atoms with E-state index < -0.39 is 0 Å². The number of anilines is 3. The summed E-state index contributed by atoms with van der Waals surface area (Å²) in [5.41, 5.74) is 11.3. The van der Waals surface area contributed by atoms with Crippen molar-refractivity contribution in [1.29, 1.82) is 0 Å². The lowest BCUT2D eigenvalue weighted by atomic mass is 10.1. The van der Waals surface area contributed by atoms with E-state index >= 15 is 0 Å². The molecule has 0 heterocycles. The minimum absolute atomic E-state index is 0.160. The highest BCUT2D eigenvalue weighted by molar-refractivity contribution is 5.96. The topological polar surface area (TPSA) is 76.4 Å². The Hall–Kier alpha value is -2.53. The van der Waals surface area contributed by atoms with Crippen molar-refractivity contribution < 1.29 is 9.53 Å². The Bertz CT molecular complexity index is 678. The SMILES string of the molecule is COCCNC(=O)c1ccc(Nc2cc(C)cc(C)c2)c(N)c1. The molecule has 122 valence electrons. The monoisotopic (exact) mass is 313 g/mol. The predicted octanol–water partition coefficient (Wildman–Crippen LogP) is 3.01. The van der Waals surface area contributed by atoms with Gasteiger partial charge in [0, 0.05) is 24.9 Å². The quantitative estimate of drug-likeness (QED) is 0.566. The van der Waals surface area contributed by atoms with Gasteiger partial charge in [-0.25, -0.2) is 0 Å². The molecule has 23 heavy (non-hydrogen) atoms. The highest BCUT2D eigenvalue weighted by atomic mass is 16.5. The van der Waals surface area contributed by atoms with Crippen LogP contribution in [0.4, 0.5) is 17.1 Å². The number of aryl methyl sites for hydroxylation is 2. The molecule has 0 aliphatic rings. The van der Waals surface area contributed by atoms with E-state index in [-0.39, 0.29) is 5.91 Å². The summed E-state index contributed by atoms with van der Waals surface area (Å²) in [7, 11) is 1.59. The van der Waals surface area contributed by atoms with Crippen LogP contribution in [0.2, 0.25) is 0 Å². The Kier molecular flexibility index (Phi) is 5.60. The minimum atomic E-state index is -0.160. The summed E-state index contributed by atoms with van der Waals surface area (Å²) in [5.74, 6) is -0.160. The van der Waals surface area contributed by atoms with Crippen LogP contribution in [0.25, 0.3) is 0 Å². The second-order valence-corrected chi connectivity index (χ2v) is 5.55. The maximum Gasteiger partial charge on any atom is 0.251 e. The van der Waals surface area contributed by atoms with Crippen LogP contribution in [0, 0.1) is 13.8 Å². The maximum absolute atomic E-state index is 12.0. The molecule has 2 rings (SSSR count). The minimum Gasteiger partial charge on any atom is -0.397 e. The summed E-state index contributed by atoms with van der Waals surface area (Å²) in [6.45, 7) is 5.05. The molecule has 5 nitrogen and oxygen atoms in total. The summed E-state index contributed by atoms with van der Waals surface area (Å²) in [5, 5.41) is 6.07. The van der Waals surface area contributed by atoms with E-state index in [4.69, 9.17) is 10.5 Å². The van der Waals surface area contributed by atoms with Gasteiger partial charge >= 0.3 is 0 Å². The molecule has 0 bridgehead atoms. The summed E-state index contributed by atoms with van der Waals surface area (Å²) in [6.07, 6.45) is 0. The van der Waals surface area contributed by atoms with Crippen LogP contribution in [-0.4, -0.2) is 26.2 Å². The lowest BCUT2D eigenvalue weighted by Crippen LogP contribution is -2.27. The number of methoxy groups -OCH3 is 1. The van der Waals surface area contributed by atoms with Gasteiger partial charge in [0.2, 0.25) is 0 Å². The number of hydrogen-bond donors (Lipinski definition) is 3. The molecule has 0 spiro atoms. The second-order valence-electron chi connectivity index (χ2n) is 5.55. The zero-order valence-corrected chi connectivity index (χ0v) is 13.8. The number of carbonyl (C=O) groups excluding carboxylic acids is 1. The standard InChI is InChI=1S/C18H23N3O2/c1-12-8-13(2)10-15(9-12)21-17-5-4-14(11-16(17)19)18(22)20-6-7-23-3/h4-5,8-11,21H,6-7,19H2,1-3H3,(H,20,22). The molecular weight excluding hydrogens is 290 g/mol. The fraction of sp³-hybridized carbons (Fsp3) is 0.278. The van der Waals surface area contributed by atoms with Gasteiger partial charge in [0.05, 0.1) is 18.0 Å². The third-order valence-corrected chi connectivity index (χ3v) is 3.41. The number of ether oxygens (including phenoxy) is 1. The first-order chi connectivity index (χ1) is 11.0. The second kappa shape index (κ2) is 7.65. The number of carbonyl (C=O) groups is 1. The molecule has 0 fully saturated rings. The predicted molar refractivity (Wildman–Crippen MR) is 94.3 cm³/mol. The fourth-order valence-electron chi connectivity index (χ4n) is 2.39. The van der Waals surface area contributed by atoms with Gasteiger partial charge in [-0.1, -0.05) is 6.07 Å². The number of nitrogens with two attached hydrogens (primary N) is 1. The average molecular weight is 313 g/mol. The number of nitrogens with one attached hydrogen (secondary N) is 2. The summed E-state index contributed by atoms with van der Waals surface area (Å²) >= 11 is 0. The van der Waals surface area contributed by atoms with Crippen LogP contribution in [-0.2, 0) is 4.74 Å². The smallest absolute Gasteiger partial charge is 0.251 e. The molecule has 2 aromatic carbocycles. The Morgan fingerprint density at radius 3 is 2.43 bits per heavy atom. The van der Waals surface area contributed by atoms with Gasteiger partial charge in [0.1, 0.15) is 0 Å². The van der Waals surface area contributed by atoms with E-state index in [1.165, 1.54) is 11.1 Å². The highest BCUT2D eigenvalue weighted by Gasteiger charge is 2.08. The lowest BCUT2D eigenvalue weighted by Gasteiger charge is -2.12. The van der Waals surface area contributed by atoms with Crippen molar-refractivity contribution in [2.75, 3.05) is 31.3 Å². The van der Waals surface area contributed by atoms with Crippen LogP contribution in [0.3, 0.4) is 0 Å². The van der Waals surface area contributed by atoms with E-state index in [1.54, 1.807) is 19.2 Å². The Morgan fingerprint density at radius 1 is 1.13 bits per heavy atom. The maximum atomic E-state index is 12.0. The van der Waals surface area contributed by atoms with Gasteiger partial charge in [-0.2, -0.15) is 0 Å². The Labute approximate surface area is 136 Å². The highest BCUT2D eigenvalue weighted by Crippen LogP contribution is 2.25. The van der Waals surface area contributed by atoms with Gasteiger partial charge in [-0.05, 0) is 55.3 Å². The van der Waals surface area contributed by atoms with E-state index in [0.717, 1.165) is 11.4 Å². The number of rotatable bonds is 6. The number of benzene rings is 2. The van der Waals surface area contributed by atoms with Gasteiger partial charge < -0.3 is 21.1 Å². The third kappa shape index (κ3) is 4.72. The molecule has 4 N–H and O–H groups in total. The van der Waals surface area contributed by atoms with Gasteiger partial charge in [-0.15, -0.1) is 0 Å². The van der Waals surface area contributed by atoms with Crippen molar-refractivity contribution in [3.63, 3.8) is 0 Å². The Balaban J connectivity index is 2.11. The van der Waals surface area contributed by atoms with Crippen molar-refractivity contribution in [1.82, 2.24) is 5.32 Å². The van der Waals surface area contributed by atoms with E-state index in [2.05, 4.69) is 42.7 Å². The number of hydrogen-bond acceptors (Lipinski definition) is 4. The fourth-order valence-corrected chi connectivity index (χ4v) is 2.39. The zero-order chi connectivity index (χ0) is 16.8. The summed E-state index contributed by atoms with van der Waals surface area (Å²) < 4.78 is 4.91. The Morgan fingerprint density at radius 2 is 1.83 bits per heavy atom. The molecule has 0 atom stereocenters. The van der Waals surface area contributed by atoms with Crippen molar-refractivity contribution >= 4 is 23.0 Å². The molecule has 1 amide bonds. The lowest BCUT2D eigenvalue weighted by molar-refractivity contribution is 0.0937. The summed E-state index contributed by atoms with van der Waals surface area (Å²) in [6, 6.07) is 11.5. The van der Waals surface area contributed by atoms with Crippen molar-refractivity contribution in [3.8, 4) is 0 Å². The molecule has 0 saturated carbocycles. The average Bonchev–Trinajstić information content (AvgIpc) is 2.48. The third-order valence-electron chi connectivity index (χ3n) is 3.41. The molecule has 0 saturated heterocycles. The van der Waals surface area contributed by atoms with Crippen molar-refractivity contribution in [2.24, 2.45) is 0 Å². The van der Waals surface area contributed by atoms with Crippen LogP contribution < -0.4 is 16.4 Å². The molecule has 0 aliphatic carbocycles. The number of nitrogen functional groups attached to an aromatic ring is 1. The normalized spacial score (nSPS) is 10.4. The molecular formula is C18H23N3O2. The first-order valence-electron chi connectivity index (χ1n) is 7.51. The molecule has 0 aliphatic heterocycles. The number of amides is 1. The molecule has 0 radical (unpaired) electrons. The molecule has 5 heteroatoms. The van der Waals surface area contributed by atoms with Crippen LogP contribution >= 0.6 is 0 Å². The summed E-state index contributed by atoms with van der Waals surface area (Å²) in [4.78, 5) is 12.0. The largest absolute Gasteiger partial charge is 0.397 e. The van der Waals surface area contributed by atoms with Gasteiger partial charge in [0.15, 0.2) is 0 Å². The van der Waals surface area contributed by atoms with Crippen LogP contribution in [0.15, 0.2) is 36.4 Å². The molecule has 2 aromatic rings. The molecule has 0 aromatic heterocycles. The molecule has 0 unspecified atom stereocenters. The van der Waals surface area contributed by atoms with Gasteiger partial charge in [0.25, 0.3) is 5.91 Å². The van der Waals surface area contributed by atoms with Crippen LogP contribution in [0.5, 0.6) is 0 Å². The van der Waals surface area contributed by atoms with Crippen LogP contribution in [0.1, 0.15) is 21.5 Å². The first-order valence-corrected chi connectivity index (χ1v) is 7.51. The van der Waals surface area contributed by atoms with Crippen molar-refractivity contribution in [3.05, 3.63) is 53.1 Å². The van der Waals surface area contributed by atoms with E-state index in [1.807, 2.05) is 6.07 Å². The van der Waals surface area contributed by atoms with E-state index in [9.17, 15) is 4.79 Å². The zero-order valence-electron chi connectivity index (χ0n) is 13.8. The van der Waals surface area contributed by atoms with Crippen molar-refractivity contribution in [2.45, 2.75) is 13.8 Å². The first kappa shape index (κ1) is 16.8.